The number of rotatable bonds is 3. The number of aliphatic carboxylic acids is 1. The molecule has 2 atom stereocenters. The fourth-order valence-electron chi connectivity index (χ4n) is 4.12. The second kappa shape index (κ2) is 6.02. The minimum atomic E-state index is -0.826. The number of likely N-dealkylation sites (tertiary alicyclic amines) is 1. The number of carboxylic acids is 1. The highest BCUT2D eigenvalue weighted by Gasteiger charge is 2.55. The van der Waals surface area contributed by atoms with Gasteiger partial charge in [0.05, 0.1) is 10.3 Å². The fraction of sp³-hybridized carbons (Fsp3) is 0.529. The van der Waals surface area contributed by atoms with E-state index in [-0.39, 0.29) is 24.2 Å². The van der Waals surface area contributed by atoms with Crippen LogP contribution in [0.1, 0.15) is 30.4 Å². The van der Waals surface area contributed by atoms with E-state index in [9.17, 15) is 24.8 Å². The van der Waals surface area contributed by atoms with Crippen molar-refractivity contribution in [1.82, 2.24) is 4.90 Å². The summed E-state index contributed by atoms with van der Waals surface area (Å²) in [7, 11) is 0. The van der Waals surface area contributed by atoms with Crippen LogP contribution in [0.15, 0.2) is 12.1 Å². The Labute approximate surface area is 145 Å². The number of carbonyl (C=O) groups excluding carboxylic acids is 1. The number of hydrogen-bond donors (Lipinski definition) is 2. The normalized spacial score (nSPS) is 24.9. The summed E-state index contributed by atoms with van der Waals surface area (Å²) < 4.78 is 0. The lowest BCUT2D eigenvalue weighted by Crippen LogP contribution is -2.38. The van der Waals surface area contributed by atoms with Crippen molar-refractivity contribution in [2.75, 3.05) is 18.4 Å². The molecule has 1 saturated carbocycles. The molecule has 0 unspecified atom stereocenters. The Balaban J connectivity index is 1.77. The first-order valence-corrected chi connectivity index (χ1v) is 8.29. The van der Waals surface area contributed by atoms with Crippen LogP contribution in [0.4, 0.5) is 16.2 Å². The summed E-state index contributed by atoms with van der Waals surface area (Å²) in [6, 6.07) is 2.66. The van der Waals surface area contributed by atoms with Crippen LogP contribution in [0.2, 0.25) is 0 Å². The third-order valence-electron chi connectivity index (χ3n) is 5.57. The summed E-state index contributed by atoms with van der Waals surface area (Å²) >= 11 is 0. The van der Waals surface area contributed by atoms with Crippen LogP contribution >= 0.6 is 0 Å². The van der Waals surface area contributed by atoms with E-state index in [1.54, 1.807) is 24.8 Å². The number of amides is 2. The molecule has 0 bridgehead atoms. The zero-order chi connectivity index (χ0) is 18.4. The minimum Gasteiger partial charge on any atom is -0.481 e. The molecule has 2 amide bonds. The van der Waals surface area contributed by atoms with E-state index in [1.165, 1.54) is 6.07 Å². The highest BCUT2D eigenvalue weighted by atomic mass is 16.6. The number of nitro groups is 1. The Morgan fingerprint density at radius 3 is 2.68 bits per heavy atom. The molecule has 0 radical (unpaired) electrons. The van der Waals surface area contributed by atoms with Gasteiger partial charge >= 0.3 is 12.0 Å². The van der Waals surface area contributed by atoms with Crippen LogP contribution in [0.5, 0.6) is 0 Å². The molecule has 1 aliphatic heterocycles. The minimum absolute atomic E-state index is 0.00422. The third kappa shape index (κ3) is 2.81. The van der Waals surface area contributed by atoms with Crippen molar-refractivity contribution in [3.8, 4) is 0 Å². The van der Waals surface area contributed by atoms with E-state index < -0.39 is 16.3 Å². The SMILES string of the molecule is Cc1cc([N+](=O)[O-])c(C)cc1NC(=O)N1C[C@@H]2CCC[C@@]2(C(=O)O)C1. The molecule has 2 fully saturated rings. The number of fused-ring (bicyclic) bond motifs is 1. The van der Waals surface area contributed by atoms with Gasteiger partial charge in [-0.05, 0) is 44.2 Å². The Bertz CT molecular complexity index is 763. The van der Waals surface area contributed by atoms with Crippen molar-refractivity contribution in [3.05, 3.63) is 33.4 Å². The average Bonchev–Trinajstić information content (AvgIpc) is 3.08. The number of urea groups is 1. The Morgan fingerprint density at radius 2 is 2.08 bits per heavy atom. The van der Waals surface area contributed by atoms with Crippen molar-refractivity contribution in [1.29, 1.82) is 0 Å². The van der Waals surface area contributed by atoms with E-state index in [0.29, 0.717) is 29.8 Å². The molecule has 0 spiro atoms. The molecule has 134 valence electrons. The number of benzene rings is 1. The van der Waals surface area contributed by atoms with E-state index in [4.69, 9.17) is 0 Å². The summed E-state index contributed by atoms with van der Waals surface area (Å²) in [4.78, 5) is 36.4. The Hall–Kier alpha value is -2.64. The van der Waals surface area contributed by atoms with Crippen molar-refractivity contribution in [2.45, 2.75) is 33.1 Å². The Kier molecular flexibility index (Phi) is 4.14. The van der Waals surface area contributed by atoms with Crippen LogP contribution in [0.25, 0.3) is 0 Å². The van der Waals surface area contributed by atoms with Gasteiger partial charge in [0.2, 0.25) is 0 Å². The zero-order valence-corrected chi connectivity index (χ0v) is 14.2. The van der Waals surface area contributed by atoms with Crippen LogP contribution in [0.3, 0.4) is 0 Å². The lowest BCUT2D eigenvalue weighted by atomic mass is 9.81. The van der Waals surface area contributed by atoms with Gasteiger partial charge in [0.25, 0.3) is 5.69 Å². The monoisotopic (exact) mass is 347 g/mol. The van der Waals surface area contributed by atoms with Crippen LogP contribution in [-0.2, 0) is 4.79 Å². The summed E-state index contributed by atoms with van der Waals surface area (Å²) in [6.07, 6.45) is 2.31. The van der Waals surface area contributed by atoms with Crippen molar-refractivity contribution >= 4 is 23.4 Å². The number of nitrogens with one attached hydrogen (secondary N) is 1. The first kappa shape index (κ1) is 17.2. The number of aryl methyl sites for hydroxylation is 2. The number of carbonyl (C=O) groups is 2. The highest BCUT2D eigenvalue weighted by molar-refractivity contribution is 5.91. The molecule has 3 rings (SSSR count). The predicted octanol–water partition coefficient (Wildman–Crippen LogP) is 2.93. The van der Waals surface area contributed by atoms with Crippen LogP contribution < -0.4 is 5.32 Å². The van der Waals surface area contributed by atoms with Crippen molar-refractivity contribution < 1.29 is 19.6 Å². The van der Waals surface area contributed by atoms with Gasteiger partial charge in [-0.2, -0.15) is 0 Å². The predicted molar refractivity (Wildman–Crippen MR) is 90.6 cm³/mol. The van der Waals surface area contributed by atoms with Gasteiger partial charge < -0.3 is 15.3 Å². The number of carboxylic acid groups (broad SMARTS) is 1. The molecule has 1 heterocycles. The standard InChI is InChI=1S/C17H21N3O5/c1-10-7-14(20(24)25)11(2)6-13(10)18-16(23)19-8-12-4-3-5-17(12,9-19)15(21)22/h6-7,12H,3-5,8-9H2,1-2H3,(H,18,23)(H,21,22)/t12-,17+/m0/s1. The molecule has 2 N–H and O–H groups in total. The summed E-state index contributed by atoms with van der Waals surface area (Å²) in [6.45, 7) is 3.96. The number of nitro benzene ring substituents is 1. The lowest BCUT2D eigenvalue weighted by molar-refractivity contribution is -0.385. The topological polar surface area (TPSA) is 113 Å². The van der Waals surface area contributed by atoms with Crippen LogP contribution in [0, 0.1) is 35.3 Å². The number of anilines is 1. The maximum Gasteiger partial charge on any atom is 0.321 e. The average molecular weight is 347 g/mol. The molecule has 1 aromatic rings. The lowest BCUT2D eigenvalue weighted by Gasteiger charge is -2.23. The largest absolute Gasteiger partial charge is 0.481 e. The molecular weight excluding hydrogens is 326 g/mol. The van der Waals surface area contributed by atoms with E-state index in [1.807, 2.05) is 0 Å². The first-order chi connectivity index (χ1) is 11.7. The second-order valence-corrected chi connectivity index (χ2v) is 7.07. The molecule has 8 nitrogen and oxygen atoms in total. The molecule has 1 aliphatic carbocycles. The molecule has 25 heavy (non-hydrogen) atoms. The van der Waals surface area contributed by atoms with E-state index in [2.05, 4.69) is 5.32 Å². The number of nitrogens with zero attached hydrogens (tertiary/aromatic N) is 2. The third-order valence-corrected chi connectivity index (χ3v) is 5.57. The highest BCUT2D eigenvalue weighted by Crippen LogP contribution is 2.49. The zero-order valence-electron chi connectivity index (χ0n) is 14.2. The van der Waals surface area contributed by atoms with Crippen molar-refractivity contribution in [3.63, 3.8) is 0 Å². The summed E-state index contributed by atoms with van der Waals surface area (Å²) in [5.74, 6) is -0.830. The Morgan fingerprint density at radius 1 is 1.36 bits per heavy atom. The summed E-state index contributed by atoms with van der Waals surface area (Å²) in [5, 5.41) is 23.4. The number of hydrogen-bond acceptors (Lipinski definition) is 4. The van der Waals surface area contributed by atoms with Crippen molar-refractivity contribution in [2.24, 2.45) is 11.3 Å². The van der Waals surface area contributed by atoms with Gasteiger partial charge in [-0.3, -0.25) is 14.9 Å². The summed E-state index contributed by atoms with van der Waals surface area (Å²) in [5.41, 5.74) is 0.757. The molecule has 1 aromatic carbocycles. The van der Waals surface area contributed by atoms with Gasteiger partial charge in [0.1, 0.15) is 0 Å². The van der Waals surface area contributed by atoms with Gasteiger partial charge in [0.15, 0.2) is 0 Å². The fourth-order valence-corrected chi connectivity index (χ4v) is 4.12. The van der Waals surface area contributed by atoms with Gasteiger partial charge in [-0.15, -0.1) is 0 Å². The van der Waals surface area contributed by atoms with Crippen LogP contribution in [-0.4, -0.2) is 40.0 Å². The molecular formula is C17H21N3O5. The van der Waals surface area contributed by atoms with E-state index >= 15 is 0 Å². The molecule has 8 heteroatoms. The first-order valence-electron chi connectivity index (χ1n) is 8.29. The molecule has 1 saturated heterocycles. The van der Waals surface area contributed by atoms with E-state index in [0.717, 1.165) is 12.8 Å². The second-order valence-electron chi connectivity index (χ2n) is 7.07. The molecule has 2 aliphatic rings. The van der Waals surface area contributed by atoms with Gasteiger partial charge in [0, 0.05) is 30.4 Å². The molecule has 0 aromatic heterocycles. The quantitative estimate of drug-likeness (QED) is 0.645. The van der Waals surface area contributed by atoms with Gasteiger partial charge in [-0.25, -0.2) is 4.79 Å². The maximum atomic E-state index is 12.6. The van der Waals surface area contributed by atoms with Gasteiger partial charge in [-0.1, -0.05) is 6.42 Å². The smallest absolute Gasteiger partial charge is 0.321 e. The maximum absolute atomic E-state index is 12.6.